The van der Waals surface area contributed by atoms with Gasteiger partial charge in [0.15, 0.2) is 0 Å². The normalized spacial score (nSPS) is 17.6. The number of aliphatic hydroxyl groups excluding tert-OH is 1. The summed E-state index contributed by atoms with van der Waals surface area (Å²) >= 11 is 5.80. The van der Waals surface area contributed by atoms with E-state index in [9.17, 15) is 9.59 Å². The zero-order valence-electron chi connectivity index (χ0n) is 10.1. The molecular weight excluding hydrogens is 270 g/mol. The van der Waals surface area contributed by atoms with Crippen LogP contribution in [-0.4, -0.2) is 34.7 Å². The number of halogens is 1. The van der Waals surface area contributed by atoms with Crippen LogP contribution in [0.25, 0.3) is 0 Å². The van der Waals surface area contributed by atoms with E-state index in [0.717, 1.165) is 5.56 Å². The highest BCUT2D eigenvalue weighted by molar-refractivity contribution is 6.30. The SMILES string of the molecule is O=C(O)C(CO)NC(=O)C1(c2ccc(Cl)cc2)CC1. The maximum Gasteiger partial charge on any atom is 0.328 e. The van der Waals surface area contributed by atoms with Gasteiger partial charge in [0.05, 0.1) is 12.0 Å². The van der Waals surface area contributed by atoms with Crippen molar-refractivity contribution < 1.29 is 19.8 Å². The summed E-state index contributed by atoms with van der Waals surface area (Å²) in [5, 5.41) is 20.7. The fourth-order valence-electron chi connectivity index (χ4n) is 2.02. The third kappa shape index (κ3) is 2.72. The van der Waals surface area contributed by atoms with Gasteiger partial charge < -0.3 is 15.5 Å². The number of carboxylic acids is 1. The van der Waals surface area contributed by atoms with E-state index < -0.39 is 24.0 Å². The number of nitrogens with one attached hydrogen (secondary N) is 1. The van der Waals surface area contributed by atoms with Crippen molar-refractivity contribution in [3.63, 3.8) is 0 Å². The van der Waals surface area contributed by atoms with Gasteiger partial charge in [-0.3, -0.25) is 4.79 Å². The number of carboxylic acid groups (broad SMARTS) is 1. The lowest BCUT2D eigenvalue weighted by atomic mass is 9.94. The second-order valence-corrected chi connectivity index (χ2v) is 5.07. The number of benzene rings is 1. The molecule has 5 nitrogen and oxygen atoms in total. The largest absolute Gasteiger partial charge is 0.480 e. The van der Waals surface area contributed by atoms with Gasteiger partial charge in [0.2, 0.25) is 5.91 Å². The van der Waals surface area contributed by atoms with Gasteiger partial charge in [-0.05, 0) is 30.5 Å². The number of rotatable bonds is 5. The standard InChI is InChI=1S/C13H14ClNO4/c14-9-3-1-8(2-4-9)13(5-6-13)12(19)15-10(7-16)11(17)18/h1-4,10,16H,5-7H2,(H,15,19)(H,17,18). The molecule has 19 heavy (non-hydrogen) atoms. The van der Waals surface area contributed by atoms with Crippen molar-refractivity contribution in [3.8, 4) is 0 Å². The Morgan fingerprint density at radius 3 is 2.32 bits per heavy atom. The van der Waals surface area contributed by atoms with E-state index in [1.54, 1.807) is 24.3 Å². The molecule has 1 aromatic rings. The maximum absolute atomic E-state index is 12.2. The third-order valence-electron chi connectivity index (χ3n) is 3.37. The third-order valence-corrected chi connectivity index (χ3v) is 3.62. The van der Waals surface area contributed by atoms with Crippen molar-refractivity contribution in [1.82, 2.24) is 5.32 Å². The van der Waals surface area contributed by atoms with Crippen molar-refractivity contribution in [3.05, 3.63) is 34.9 Å². The molecule has 1 amide bonds. The molecular formula is C13H14ClNO4. The zero-order chi connectivity index (χ0) is 14.0. The first kappa shape index (κ1) is 13.8. The fraction of sp³-hybridized carbons (Fsp3) is 0.385. The molecule has 1 saturated carbocycles. The molecule has 0 bridgehead atoms. The number of amides is 1. The molecule has 3 N–H and O–H groups in total. The smallest absolute Gasteiger partial charge is 0.328 e. The van der Waals surface area contributed by atoms with Gasteiger partial charge in [-0.1, -0.05) is 23.7 Å². The van der Waals surface area contributed by atoms with Crippen LogP contribution in [0.1, 0.15) is 18.4 Å². The molecule has 1 fully saturated rings. The molecule has 1 atom stereocenters. The average molecular weight is 284 g/mol. The lowest BCUT2D eigenvalue weighted by molar-refractivity contribution is -0.143. The molecule has 1 aliphatic rings. The van der Waals surface area contributed by atoms with Crippen LogP contribution in [0.15, 0.2) is 24.3 Å². The minimum absolute atomic E-state index is 0.365. The van der Waals surface area contributed by atoms with Gasteiger partial charge in [0, 0.05) is 5.02 Å². The number of hydrogen-bond donors (Lipinski definition) is 3. The van der Waals surface area contributed by atoms with Gasteiger partial charge in [0.1, 0.15) is 6.04 Å². The molecule has 0 aromatic heterocycles. The van der Waals surface area contributed by atoms with E-state index in [1.807, 2.05) is 0 Å². The molecule has 0 saturated heterocycles. The van der Waals surface area contributed by atoms with E-state index in [2.05, 4.69) is 5.32 Å². The van der Waals surface area contributed by atoms with Crippen LogP contribution in [0.3, 0.4) is 0 Å². The quantitative estimate of drug-likeness (QED) is 0.750. The molecule has 1 aliphatic carbocycles. The first-order chi connectivity index (χ1) is 8.99. The average Bonchev–Trinajstić information content (AvgIpc) is 3.17. The molecule has 102 valence electrons. The Kier molecular flexibility index (Phi) is 3.78. The molecule has 2 rings (SSSR count). The van der Waals surface area contributed by atoms with Gasteiger partial charge in [-0.2, -0.15) is 0 Å². The van der Waals surface area contributed by atoms with Crippen molar-refractivity contribution in [2.75, 3.05) is 6.61 Å². The second-order valence-electron chi connectivity index (χ2n) is 4.64. The summed E-state index contributed by atoms with van der Waals surface area (Å²) in [5.74, 6) is -1.61. The van der Waals surface area contributed by atoms with Crippen LogP contribution in [0.5, 0.6) is 0 Å². The summed E-state index contributed by atoms with van der Waals surface area (Å²) in [6.45, 7) is -0.627. The van der Waals surface area contributed by atoms with Crippen molar-refractivity contribution >= 4 is 23.5 Å². The molecule has 0 aliphatic heterocycles. The highest BCUT2D eigenvalue weighted by atomic mass is 35.5. The van der Waals surface area contributed by atoms with E-state index in [-0.39, 0.29) is 5.91 Å². The Labute approximate surface area is 115 Å². The minimum atomic E-state index is -1.27. The molecule has 0 spiro atoms. The molecule has 0 heterocycles. The topological polar surface area (TPSA) is 86.6 Å². The Hall–Kier alpha value is -1.59. The van der Waals surface area contributed by atoms with Gasteiger partial charge >= 0.3 is 5.97 Å². The summed E-state index contributed by atoms with van der Waals surface area (Å²) < 4.78 is 0. The molecule has 1 aromatic carbocycles. The van der Waals surface area contributed by atoms with E-state index in [0.29, 0.717) is 17.9 Å². The second kappa shape index (κ2) is 5.19. The van der Waals surface area contributed by atoms with Gasteiger partial charge in [-0.15, -0.1) is 0 Å². The van der Waals surface area contributed by atoms with Crippen LogP contribution in [0, 0.1) is 0 Å². The maximum atomic E-state index is 12.2. The molecule has 6 heteroatoms. The fourth-order valence-corrected chi connectivity index (χ4v) is 2.15. The Balaban J connectivity index is 2.14. The first-order valence-electron chi connectivity index (χ1n) is 5.90. The molecule has 1 unspecified atom stereocenters. The Morgan fingerprint density at radius 1 is 1.32 bits per heavy atom. The molecule has 0 radical (unpaired) electrons. The number of hydrogen-bond acceptors (Lipinski definition) is 3. The summed E-state index contributed by atoms with van der Waals surface area (Å²) in [6.07, 6.45) is 1.33. The van der Waals surface area contributed by atoms with E-state index in [4.69, 9.17) is 21.8 Å². The highest BCUT2D eigenvalue weighted by Crippen LogP contribution is 2.48. The Bertz CT molecular complexity index is 496. The van der Waals surface area contributed by atoms with Crippen LogP contribution >= 0.6 is 11.6 Å². The van der Waals surface area contributed by atoms with Crippen LogP contribution < -0.4 is 5.32 Å². The first-order valence-corrected chi connectivity index (χ1v) is 6.28. The van der Waals surface area contributed by atoms with Crippen LogP contribution in [-0.2, 0) is 15.0 Å². The zero-order valence-corrected chi connectivity index (χ0v) is 10.9. The predicted molar refractivity (Wildman–Crippen MR) is 69.0 cm³/mol. The van der Waals surface area contributed by atoms with Crippen molar-refractivity contribution in [2.24, 2.45) is 0 Å². The summed E-state index contributed by atoms with van der Waals surface area (Å²) in [5.41, 5.74) is 0.143. The lowest BCUT2D eigenvalue weighted by Gasteiger charge is -2.19. The van der Waals surface area contributed by atoms with E-state index >= 15 is 0 Å². The monoisotopic (exact) mass is 283 g/mol. The van der Waals surface area contributed by atoms with Crippen molar-refractivity contribution in [2.45, 2.75) is 24.3 Å². The summed E-state index contributed by atoms with van der Waals surface area (Å²) in [6, 6.07) is 5.67. The summed E-state index contributed by atoms with van der Waals surface area (Å²) in [7, 11) is 0. The van der Waals surface area contributed by atoms with Gasteiger partial charge in [-0.25, -0.2) is 4.79 Å². The minimum Gasteiger partial charge on any atom is -0.480 e. The van der Waals surface area contributed by atoms with Gasteiger partial charge in [0.25, 0.3) is 0 Å². The summed E-state index contributed by atoms with van der Waals surface area (Å²) in [4.78, 5) is 23.0. The Morgan fingerprint density at radius 2 is 1.89 bits per heavy atom. The number of aliphatic hydroxyl groups is 1. The number of carbonyl (C=O) groups is 2. The lowest BCUT2D eigenvalue weighted by Crippen LogP contribution is -2.47. The number of carbonyl (C=O) groups excluding carboxylic acids is 1. The van der Waals surface area contributed by atoms with Crippen LogP contribution in [0.4, 0.5) is 0 Å². The number of aliphatic carboxylic acids is 1. The van der Waals surface area contributed by atoms with Crippen molar-refractivity contribution in [1.29, 1.82) is 0 Å². The highest BCUT2D eigenvalue weighted by Gasteiger charge is 2.51. The predicted octanol–water partition coefficient (Wildman–Crippen LogP) is 0.933. The van der Waals surface area contributed by atoms with Crippen LogP contribution in [0.2, 0.25) is 5.02 Å². The van der Waals surface area contributed by atoms with E-state index in [1.165, 1.54) is 0 Å².